The van der Waals surface area contributed by atoms with E-state index in [1.54, 1.807) is 19.2 Å². The number of nitrogens with zero attached hydrogens (tertiary/aromatic N) is 1. The molecule has 1 aliphatic rings. The maximum Gasteiger partial charge on any atom is 0.243 e. The first-order valence-electron chi connectivity index (χ1n) is 10.1. The molecule has 0 bridgehead atoms. The molecule has 0 unspecified atom stereocenters. The first-order chi connectivity index (χ1) is 14.5. The Morgan fingerprint density at radius 3 is 2.30 bits per heavy atom. The van der Waals surface area contributed by atoms with Gasteiger partial charge in [-0.15, -0.1) is 0 Å². The highest BCUT2D eigenvalue weighted by molar-refractivity contribution is 7.89. The van der Waals surface area contributed by atoms with Crippen LogP contribution in [0.5, 0.6) is 11.5 Å². The van der Waals surface area contributed by atoms with Gasteiger partial charge in [0.05, 0.1) is 31.2 Å². The Balaban J connectivity index is 1.83. The van der Waals surface area contributed by atoms with Crippen LogP contribution < -0.4 is 14.8 Å². The third-order valence-corrected chi connectivity index (χ3v) is 7.09. The molecule has 1 fully saturated rings. The fourth-order valence-electron chi connectivity index (χ4n) is 3.59. The molecule has 0 saturated carbocycles. The number of nitrogens with one attached hydrogen (secondary N) is 1. The molecular formula is C22H28N2O5S. The smallest absolute Gasteiger partial charge is 0.243 e. The van der Waals surface area contributed by atoms with E-state index in [0.717, 1.165) is 31.2 Å². The molecule has 8 heteroatoms. The Labute approximate surface area is 178 Å². The van der Waals surface area contributed by atoms with E-state index in [2.05, 4.69) is 5.32 Å². The van der Waals surface area contributed by atoms with Crippen LogP contribution >= 0.6 is 0 Å². The van der Waals surface area contributed by atoms with Crippen LogP contribution in [-0.2, 0) is 21.2 Å². The van der Waals surface area contributed by atoms with Crippen molar-refractivity contribution < 1.29 is 22.7 Å². The van der Waals surface area contributed by atoms with Gasteiger partial charge in [0, 0.05) is 18.7 Å². The van der Waals surface area contributed by atoms with Gasteiger partial charge in [-0.25, -0.2) is 8.42 Å². The maximum absolute atomic E-state index is 13.1. The van der Waals surface area contributed by atoms with Crippen molar-refractivity contribution in [2.75, 3.05) is 32.6 Å². The molecule has 2 aromatic carbocycles. The quantitative estimate of drug-likeness (QED) is 0.724. The Morgan fingerprint density at radius 1 is 0.967 bits per heavy atom. The average molecular weight is 433 g/mol. The number of carbonyl (C=O) groups is 1. The number of ether oxygens (including phenoxy) is 2. The van der Waals surface area contributed by atoms with Gasteiger partial charge in [-0.3, -0.25) is 4.79 Å². The zero-order chi connectivity index (χ0) is 21.6. The summed E-state index contributed by atoms with van der Waals surface area (Å²) in [6, 6.07) is 11.8. The standard InChI is InChI=1S/C22H28N2O5S/c1-28-20-10-6-5-9-17(20)15-22(25)23-19-16-18(11-12-21(19)29-2)30(26,27)24-13-7-3-4-8-14-24/h5-6,9-12,16H,3-4,7-8,13-15H2,1-2H3,(H,23,25). The van der Waals surface area contributed by atoms with Gasteiger partial charge in [-0.1, -0.05) is 31.0 Å². The van der Waals surface area contributed by atoms with Gasteiger partial charge in [-0.05, 0) is 37.1 Å². The highest BCUT2D eigenvalue weighted by atomic mass is 32.2. The minimum Gasteiger partial charge on any atom is -0.496 e. The highest BCUT2D eigenvalue weighted by Crippen LogP contribution is 2.30. The van der Waals surface area contributed by atoms with E-state index < -0.39 is 10.0 Å². The summed E-state index contributed by atoms with van der Waals surface area (Å²) in [7, 11) is -0.599. The highest BCUT2D eigenvalue weighted by Gasteiger charge is 2.26. The molecule has 0 spiro atoms. The number of amides is 1. The molecular weight excluding hydrogens is 404 g/mol. The van der Waals surface area contributed by atoms with E-state index >= 15 is 0 Å². The van der Waals surface area contributed by atoms with Crippen LogP contribution in [0.2, 0.25) is 0 Å². The lowest BCUT2D eigenvalue weighted by Gasteiger charge is -2.21. The van der Waals surface area contributed by atoms with Crippen LogP contribution in [0.4, 0.5) is 5.69 Å². The summed E-state index contributed by atoms with van der Waals surface area (Å²) < 4.78 is 38.4. The number of benzene rings is 2. The second-order valence-electron chi connectivity index (χ2n) is 7.22. The summed E-state index contributed by atoms with van der Waals surface area (Å²) in [6.07, 6.45) is 3.89. The number of carbonyl (C=O) groups excluding carboxylic acids is 1. The monoisotopic (exact) mass is 432 g/mol. The van der Waals surface area contributed by atoms with Crippen LogP contribution in [0.3, 0.4) is 0 Å². The third kappa shape index (κ3) is 5.12. The van der Waals surface area contributed by atoms with E-state index in [0.29, 0.717) is 30.3 Å². The van der Waals surface area contributed by atoms with Crippen LogP contribution in [-0.4, -0.2) is 45.9 Å². The fourth-order valence-corrected chi connectivity index (χ4v) is 5.14. The second kappa shape index (κ2) is 9.95. The van der Waals surface area contributed by atoms with E-state index in [-0.39, 0.29) is 17.2 Å². The molecule has 7 nitrogen and oxygen atoms in total. The maximum atomic E-state index is 13.1. The number of anilines is 1. The van der Waals surface area contributed by atoms with Crippen molar-refractivity contribution in [2.45, 2.75) is 37.0 Å². The van der Waals surface area contributed by atoms with Crippen LogP contribution in [0.25, 0.3) is 0 Å². The van der Waals surface area contributed by atoms with E-state index in [1.807, 2.05) is 18.2 Å². The molecule has 30 heavy (non-hydrogen) atoms. The molecule has 3 rings (SSSR count). The summed E-state index contributed by atoms with van der Waals surface area (Å²) >= 11 is 0. The summed E-state index contributed by atoms with van der Waals surface area (Å²) in [5, 5.41) is 2.79. The van der Waals surface area contributed by atoms with Gasteiger partial charge >= 0.3 is 0 Å². The molecule has 0 atom stereocenters. The van der Waals surface area contributed by atoms with Crippen molar-refractivity contribution in [3.63, 3.8) is 0 Å². The number of hydrogen-bond donors (Lipinski definition) is 1. The number of hydrogen-bond acceptors (Lipinski definition) is 5. The van der Waals surface area contributed by atoms with Gasteiger partial charge in [0.15, 0.2) is 0 Å². The number of rotatable bonds is 7. The summed E-state index contributed by atoms with van der Waals surface area (Å²) in [4.78, 5) is 12.8. The molecule has 0 aliphatic carbocycles. The first-order valence-corrected chi connectivity index (χ1v) is 11.5. The van der Waals surface area contributed by atoms with Crippen molar-refractivity contribution >= 4 is 21.6 Å². The zero-order valence-corrected chi connectivity index (χ0v) is 18.2. The molecule has 1 N–H and O–H groups in total. The Kier molecular flexibility index (Phi) is 7.33. The van der Waals surface area contributed by atoms with Crippen LogP contribution in [0.1, 0.15) is 31.2 Å². The van der Waals surface area contributed by atoms with Crippen LogP contribution in [0, 0.1) is 0 Å². The lowest BCUT2D eigenvalue weighted by atomic mass is 10.1. The van der Waals surface area contributed by atoms with E-state index in [1.165, 1.54) is 23.5 Å². The average Bonchev–Trinajstić information content (AvgIpc) is 3.04. The van der Waals surface area contributed by atoms with E-state index in [4.69, 9.17) is 9.47 Å². The lowest BCUT2D eigenvalue weighted by molar-refractivity contribution is -0.115. The van der Waals surface area contributed by atoms with Gasteiger partial charge in [0.25, 0.3) is 0 Å². The van der Waals surface area contributed by atoms with Crippen molar-refractivity contribution in [1.29, 1.82) is 0 Å². The molecule has 1 amide bonds. The number of methoxy groups -OCH3 is 2. The minimum absolute atomic E-state index is 0.0935. The normalized spacial score (nSPS) is 15.3. The molecule has 2 aromatic rings. The van der Waals surface area contributed by atoms with Gasteiger partial charge in [0.1, 0.15) is 11.5 Å². The molecule has 0 aromatic heterocycles. The molecule has 162 valence electrons. The van der Waals surface area contributed by atoms with Gasteiger partial charge in [-0.2, -0.15) is 4.31 Å². The summed E-state index contributed by atoms with van der Waals surface area (Å²) in [6.45, 7) is 1.04. The SMILES string of the molecule is COc1ccccc1CC(=O)Nc1cc(S(=O)(=O)N2CCCCCC2)ccc1OC. The predicted molar refractivity (Wildman–Crippen MR) is 116 cm³/mol. The number of sulfonamides is 1. The number of para-hydroxylation sites is 1. The lowest BCUT2D eigenvalue weighted by Crippen LogP contribution is -2.32. The van der Waals surface area contributed by atoms with Crippen molar-refractivity contribution in [3.8, 4) is 11.5 Å². The summed E-state index contributed by atoms with van der Waals surface area (Å²) in [5.74, 6) is 0.734. The minimum atomic E-state index is -3.63. The fraction of sp³-hybridized carbons (Fsp3) is 0.409. The molecule has 1 aliphatic heterocycles. The Bertz CT molecular complexity index is 983. The Morgan fingerprint density at radius 2 is 1.63 bits per heavy atom. The van der Waals surface area contributed by atoms with Crippen molar-refractivity contribution in [1.82, 2.24) is 4.31 Å². The first kappa shape index (κ1) is 22.1. The summed E-state index contributed by atoms with van der Waals surface area (Å²) in [5.41, 5.74) is 1.07. The van der Waals surface area contributed by atoms with Gasteiger partial charge in [0.2, 0.25) is 15.9 Å². The van der Waals surface area contributed by atoms with Gasteiger partial charge < -0.3 is 14.8 Å². The van der Waals surface area contributed by atoms with Crippen molar-refractivity contribution in [2.24, 2.45) is 0 Å². The third-order valence-electron chi connectivity index (χ3n) is 5.19. The topological polar surface area (TPSA) is 84.9 Å². The molecule has 1 heterocycles. The largest absolute Gasteiger partial charge is 0.496 e. The predicted octanol–water partition coefficient (Wildman–Crippen LogP) is 3.45. The zero-order valence-electron chi connectivity index (χ0n) is 17.4. The van der Waals surface area contributed by atoms with Crippen LogP contribution in [0.15, 0.2) is 47.4 Å². The van der Waals surface area contributed by atoms with E-state index in [9.17, 15) is 13.2 Å². The Hall–Kier alpha value is -2.58. The van der Waals surface area contributed by atoms with Crippen molar-refractivity contribution in [3.05, 3.63) is 48.0 Å². The second-order valence-corrected chi connectivity index (χ2v) is 9.16. The molecule has 1 saturated heterocycles. The molecule has 0 radical (unpaired) electrons.